The molecular formula is C24H28ClN3O3. The third kappa shape index (κ3) is 3.29. The summed E-state index contributed by atoms with van der Waals surface area (Å²) in [5.74, 6) is 0.498. The van der Waals surface area contributed by atoms with E-state index in [-0.39, 0.29) is 17.9 Å². The van der Waals surface area contributed by atoms with Crippen molar-refractivity contribution in [2.45, 2.75) is 37.8 Å². The first-order valence-corrected chi connectivity index (χ1v) is 10.9. The average molecular weight is 442 g/mol. The summed E-state index contributed by atoms with van der Waals surface area (Å²) < 4.78 is 5.71. The average Bonchev–Trinajstić information content (AvgIpc) is 3.33. The number of carbonyl (C=O) groups excluding carboxylic acids is 2. The Labute approximate surface area is 188 Å². The van der Waals surface area contributed by atoms with Gasteiger partial charge in [0.15, 0.2) is 5.54 Å². The number of hydrogen-bond donors (Lipinski definition) is 1. The number of hydrogen-bond acceptors (Lipinski definition) is 4. The molecule has 1 saturated heterocycles. The Morgan fingerprint density at radius 3 is 2.74 bits per heavy atom. The van der Waals surface area contributed by atoms with E-state index >= 15 is 0 Å². The number of methoxy groups -OCH3 is 1. The van der Waals surface area contributed by atoms with Gasteiger partial charge in [0.25, 0.3) is 5.91 Å². The van der Waals surface area contributed by atoms with Crippen LogP contribution in [0.1, 0.15) is 36.0 Å². The zero-order valence-electron chi connectivity index (χ0n) is 18.4. The van der Waals surface area contributed by atoms with Crippen LogP contribution in [0.2, 0.25) is 5.02 Å². The van der Waals surface area contributed by atoms with Gasteiger partial charge in [-0.1, -0.05) is 35.9 Å². The molecule has 2 aromatic carbocycles. The van der Waals surface area contributed by atoms with Crippen molar-refractivity contribution in [2.75, 3.05) is 33.1 Å². The monoisotopic (exact) mass is 441 g/mol. The number of anilines is 1. The molecule has 1 N–H and O–H groups in total. The van der Waals surface area contributed by atoms with Crippen molar-refractivity contribution in [3.05, 3.63) is 58.1 Å². The van der Waals surface area contributed by atoms with Gasteiger partial charge in [-0.25, -0.2) is 0 Å². The molecule has 0 aromatic heterocycles. The standard InChI is InChI=1S/C24H28ClN3O3/c1-15-11-12-18-21(22(15)25)24(23(30)26-18,17-9-5-6-10-19(17)31-4)28-13-7-8-16(28)14-20(29)27(2)3/h5-6,9-12,16H,7-8,13-14H2,1-4H3,(H,26,30)/t16-,24?/m0/s1. The molecule has 0 aliphatic carbocycles. The number of carbonyl (C=O) groups is 2. The van der Waals surface area contributed by atoms with E-state index in [0.29, 0.717) is 29.4 Å². The number of halogens is 1. The topological polar surface area (TPSA) is 61.9 Å². The minimum absolute atomic E-state index is 0.0426. The predicted molar refractivity (Wildman–Crippen MR) is 122 cm³/mol. The molecule has 2 atom stereocenters. The Kier molecular flexibility index (Phi) is 5.71. The molecule has 2 heterocycles. The smallest absolute Gasteiger partial charge is 0.254 e. The van der Waals surface area contributed by atoms with Crippen LogP contribution in [-0.4, -0.2) is 55.4 Å². The molecule has 1 fully saturated rings. The fourth-order valence-electron chi connectivity index (χ4n) is 4.97. The highest BCUT2D eigenvalue weighted by Gasteiger charge is 2.58. The van der Waals surface area contributed by atoms with Crippen LogP contribution in [0.5, 0.6) is 5.75 Å². The summed E-state index contributed by atoms with van der Waals surface area (Å²) in [6, 6.07) is 11.3. The number of para-hydroxylation sites is 1. The Hall–Kier alpha value is -2.57. The number of benzene rings is 2. The van der Waals surface area contributed by atoms with Gasteiger partial charge in [0, 0.05) is 49.9 Å². The molecule has 4 rings (SSSR count). The van der Waals surface area contributed by atoms with E-state index < -0.39 is 5.54 Å². The van der Waals surface area contributed by atoms with Crippen molar-refractivity contribution in [2.24, 2.45) is 0 Å². The number of ether oxygens (including phenoxy) is 1. The molecule has 2 aliphatic heterocycles. The van der Waals surface area contributed by atoms with Crippen molar-refractivity contribution in [3.8, 4) is 5.75 Å². The third-order valence-corrected chi connectivity index (χ3v) is 6.97. The minimum Gasteiger partial charge on any atom is -0.496 e. The first-order chi connectivity index (χ1) is 14.8. The lowest BCUT2D eigenvalue weighted by atomic mass is 9.80. The minimum atomic E-state index is -1.17. The highest BCUT2D eigenvalue weighted by atomic mass is 35.5. The van der Waals surface area contributed by atoms with Crippen molar-refractivity contribution in [1.29, 1.82) is 0 Å². The summed E-state index contributed by atoms with van der Waals surface area (Å²) >= 11 is 6.88. The van der Waals surface area contributed by atoms with Gasteiger partial charge >= 0.3 is 0 Å². The molecule has 2 aliphatic rings. The molecule has 0 spiro atoms. The highest BCUT2D eigenvalue weighted by Crippen LogP contribution is 2.53. The molecule has 6 nitrogen and oxygen atoms in total. The number of nitrogens with one attached hydrogen (secondary N) is 1. The molecule has 31 heavy (non-hydrogen) atoms. The molecule has 0 bridgehead atoms. The second kappa shape index (κ2) is 8.17. The lowest BCUT2D eigenvalue weighted by Crippen LogP contribution is -2.54. The summed E-state index contributed by atoms with van der Waals surface area (Å²) in [4.78, 5) is 30.3. The number of fused-ring (bicyclic) bond motifs is 1. The third-order valence-electron chi connectivity index (χ3n) is 6.49. The first-order valence-electron chi connectivity index (χ1n) is 10.5. The van der Waals surface area contributed by atoms with Gasteiger partial charge in [-0.15, -0.1) is 0 Å². The molecule has 0 saturated carbocycles. The van der Waals surface area contributed by atoms with E-state index in [4.69, 9.17) is 16.3 Å². The van der Waals surface area contributed by atoms with Gasteiger partial charge in [-0.05, 0) is 37.5 Å². The lowest BCUT2D eigenvalue weighted by Gasteiger charge is -2.42. The molecule has 7 heteroatoms. The Balaban J connectivity index is 1.98. The van der Waals surface area contributed by atoms with E-state index in [0.717, 1.165) is 29.5 Å². The van der Waals surface area contributed by atoms with Gasteiger partial charge in [0.2, 0.25) is 5.91 Å². The van der Waals surface area contributed by atoms with Crippen LogP contribution in [0, 0.1) is 6.92 Å². The summed E-state index contributed by atoms with van der Waals surface area (Å²) in [7, 11) is 5.13. The molecule has 2 amide bonds. The van der Waals surface area contributed by atoms with E-state index in [1.807, 2.05) is 43.3 Å². The molecule has 2 aromatic rings. The quantitative estimate of drug-likeness (QED) is 0.766. The van der Waals surface area contributed by atoms with Crippen LogP contribution < -0.4 is 10.1 Å². The lowest BCUT2D eigenvalue weighted by molar-refractivity contribution is -0.132. The van der Waals surface area contributed by atoms with Gasteiger partial charge in [0.05, 0.1) is 12.1 Å². The zero-order valence-corrected chi connectivity index (χ0v) is 19.1. The van der Waals surface area contributed by atoms with Crippen molar-refractivity contribution >= 4 is 29.1 Å². The Morgan fingerprint density at radius 2 is 2.03 bits per heavy atom. The Morgan fingerprint density at radius 1 is 1.29 bits per heavy atom. The highest BCUT2D eigenvalue weighted by molar-refractivity contribution is 6.34. The fraction of sp³-hybridized carbons (Fsp3) is 0.417. The van der Waals surface area contributed by atoms with Crippen molar-refractivity contribution in [1.82, 2.24) is 9.80 Å². The summed E-state index contributed by atoms with van der Waals surface area (Å²) in [5.41, 5.74) is 1.92. The summed E-state index contributed by atoms with van der Waals surface area (Å²) in [6.45, 7) is 2.62. The van der Waals surface area contributed by atoms with Gasteiger partial charge in [-0.2, -0.15) is 0 Å². The molecule has 1 unspecified atom stereocenters. The maximum absolute atomic E-state index is 13.9. The molecular weight excluding hydrogens is 414 g/mol. The first kappa shape index (κ1) is 21.7. The van der Waals surface area contributed by atoms with Crippen LogP contribution in [0.3, 0.4) is 0 Å². The summed E-state index contributed by atoms with van der Waals surface area (Å²) in [6.07, 6.45) is 2.08. The van der Waals surface area contributed by atoms with E-state index in [9.17, 15) is 9.59 Å². The largest absolute Gasteiger partial charge is 0.496 e. The zero-order chi connectivity index (χ0) is 22.3. The number of aryl methyl sites for hydroxylation is 1. The second-order valence-electron chi connectivity index (χ2n) is 8.47. The molecule has 164 valence electrons. The predicted octanol–water partition coefficient (Wildman–Crippen LogP) is 3.80. The van der Waals surface area contributed by atoms with Crippen LogP contribution >= 0.6 is 11.6 Å². The van der Waals surface area contributed by atoms with Crippen LogP contribution in [0.15, 0.2) is 36.4 Å². The van der Waals surface area contributed by atoms with E-state index in [1.54, 1.807) is 26.1 Å². The van der Waals surface area contributed by atoms with Crippen LogP contribution in [0.25, 0.3) is 0 Å². The maximum Gasteiger partial charge on any atom is 0.254 e. The van der Waals surface area contributed by atoms with Gasteiger partial charge in [-0.3, -0.25) is 14.5 Å². The number of rotatable bonds is 5. The fourth-order valence-corrected chi connectivity index (χ4v) is 5.27. The van der Waals surface area contributed by atoms with Crippen molar-refractivity contribution in [3.63, 3.8) is 0 Å². The van der Waals surface area contributed by atoms with E-state index in [1.165, 1.54) is 0 Å². The van der Waals surface area contributed by atoms with Crippen LogP contribution in [-0.2, 0) is 15.1 Å². The normalized spacial score (nSPS) is 22.9. The Bertz CT molecular complexity index is 1040. The number of nitrogens with zero attached hydrogens (tertiary/aromatic N) is 2. The maximum atomic E-state index is 13.9. The SMILES string of the molecule is COc1ccccc1C1(N2CCC[C@H]2CC(=O)N(C)C)C(=O)Nc2ccc(C)c(Cl)c21. The summed E-state index contributed by atoms with van der Waals surface area (Å²) in [5, 5.41) is 3.63. The number of likely N-dealkylation sites (tertiary alicyclic amines) is 1. The van der Waals surface area contributed by atoms with Gasteiger partial charge < -0.3 is 15.0 Å². The molecule has 0 radical (unpaired) electrons. The second-order valence-corrected chi connectivity index (χ2v) is 8.84. The van der Waals surface area contributed by atoms with Gasteiger partial charge in [0.1, 0.15) is 5.75 Å². The van der Waals surface area contributed by atoms with E-state index in [2.05, 4.69) is 10.2 Å². The van der Waals surface area contributed by atoms with Crippen molar-refractivity contribution < 1.29 is 14.3 Å². The number of amides is 2. The van der Waals surface area contributed by atoms with Crippen LogP contribution in [0.4, 0.5) is 5.69 Å².